The first-order chi connectivity index (χ1) is 24.6. The number of nitrogens with zero attached hydrogens (tertiary/aromatic N) is 2. The zero-order chi connectivity index (χ0) is 39.6. The first-order valence-corrected chi connectivity index (χ1v) is 19.3. The van der Waals surface area contributed by atoms with Gasteiger partial charge in [-0.25, -0.2) is 0 Å². The van der Waals surface area contributed by atoms with E-state index in [0.717, 1.165) is 49.8 Å². The summed E-state index contributed by atoms with van der Waals surface area (Å²) >= 11 is 0. The van der Waals surface area contributed by atoms with Gasteiger partial charge in [-0.05, 0) is 136 Å². The first-order valence-electron chi connectivity index (χ1n) is 19.3. The minimum atomic E-state index is -5.30. The van der Waals surface area contributed by atoms with Crippen molar-refractivity contribution in [1.29, 1.82) is 0 Å². The van der Waals surface area contributed by atoms with Gasteiger partial charge in [0.2, 0.25) is 0 Å². The van der Waals surface area contributed by atoms with Gasteiger partial charge >= 0.3 is 36.3 Å². The quantitative estimate of drug-likeness (QED) is 0.138. The average Bonchev–Trinajstić information content (AvgIpc) is 3.43. The van der Waals surface area contributed by atoms with Crippen LogP contribution in [-0.4, -0.2) is 90.0 Å². The number of hydrogen-bond acceptors (Lipinski definition) is 4. The molecule has 0 saturated heterocycles. The molecular formula is C37H56F9N3O4. The fraction of sp³-hybridized carbons (Fsp3) is 0.919. The number of fused-ring (bicyclic) bond motifs is 5. The number of aliphatic hydroxyl groups excluding tert-OH is 1. The maximum Gasteiger partial charge on any atom is 0.471 e. The van der Waals surface area contributed by atoms with E-state index in [2.05, 4.69) is 20.8 Å². The molecule has 53 heavy (non-hydrogen) atoms. The van der Waals surface area contributed by atoms with Crippen LogP contribution in [0.3, 0.4) is 0 Å². The number of hydrogen-bond donors (Lipinski definition) is 2. The summed E-state index contributed by atoms with van der Waals surface area (Å²) in [7, 11) is 0. The number of carbonyl (C=O) groups excluding carboxylic acids is 3. The van der Waals surface area contributed by atoms with E-state index in [1.807, 2.05) is 0 Å². The summed E-state index contributed by atoms with van der Waals surface area (Å²) in [5.41, 5.74) is 0.112. The molecule has 7 nitrogen and oxygen atoms in total. The lowest BCUT2D eigenvalue weighted by atomic mass is 9.44. The normalized spacial score (nSPS) is 32.2. The molecule has 3 amide bonds. The zero-order valence-electron chi connectivity index (χ0n) is 30.9. The Kier molecular flexibility index (Phi) is 13.8. The van der Waals surface area contributed by atoms with Gasteiger partial charge in [-0.15, -0.1) is 0 Å². The van der Waals surface area contributed by atoms with Crippen LogP contribution in [-0.2, 0) is 14.4 Å². The third kappa shape index (κ3) is 9.77. The molecule has 4 fully saturated rings. The molecule has 0 bridgehead atoms. The molecule has 4 aliphatic rings. The highest BCUT2D eigenvalue weighted by Crippen LogP contribution is 2.68. The third-order valence-electron chi connectivity index (χ3n) is 13.9. The summed E-state index contributed by atoms with van der Waals surface area (Å²) in [6.07, 6.45) is -7.02. The van der Waals surface area contributed by atoms with Gasteiger partial charge in [0.1, 0.15) is 0 Å². The molecule has 16 heteroatoms. The summed E-state index contributed by atoms with van der Waals surface area (Å²) in [6, 6.07) is -0.764. The Hall–Kier alpha value is -2.26. The average molecular weight is 778 g/mol. The van der Waals surface area contributed by atoms with Gasteiger partial charge in [-0.3, -0.25) is 14.4 Å². The highest BCUT2D eigenvalue weighted by Gasteiger charge is 2.61. The molecule has 4 aliphatic carbocycles. The van der Waals surface area contributed by atoms with Crippen molar-refractivity contribution in [2.24, 2.45) is 46.3 Å². The van der Waals surface area contributed by atoms with Gasteiger partial charge in [0.15, 0.2) is 0 Å². The van der Waals surface area contributed by atoms with E-state index in [1.54, 1.807) is 5.32 Å². The molecule has 0 spiro atoms. The number of nitrogens with one attached hydrogen (secondary N) is 1. The lowest BCUT2D eigenvalue weighted by molar-refractivity contribution is -0.191. The van der Waals surface area contributed by atoms with E-state index in [0.29, 0.717) is 53.8 Å². The molecule has 306 valence electrons. The summed E-state index contributed by atoms with van der Waals surface area (Å²) in [5, 5.41) is 11.0. The van der Waals surface area contributed by atoms with E-state index in [-0.39, 0.29) is 42.6 Å². The number of amides is 3. The van der Waals surface area contributed by atoms with Crippen LogP contribution in [0.4, 0.5) is 39.5 Å². The summed E-state index contributed by atoms with van der Waals surface area (Å²) in [4.78, 5) is 37.0. The van der Waals surface area contributed by atoms with E-state index >= 15 is 0 Å². The smallest absolute Gasteiger partial charge is 0.396 e. The maximum atomic E-state index is 13.9. The minimum absolute atomic E-state index is 0.0808. The van der Waals surface area contributed by atoms with Gasteiger partial charge in [-0.1, -0.05) is 20.8 Å². The van der Waals surface area contributed by atoms with Crippen LogP contribution >= 0.6 is 0 Å². The number of carbonyl (C=O) groups is 3. The van der Waals surface area contributed by atoms with E-state index in [9.17, 15) is 59.0 Å². The SMILES string of the molecule is C[C@H](CCCO)[C@H]1CCC2C3CC[C@H]4C[C@@H](N(CCCN(CCCCNC(=O)C(F)(F)F)C(=O)C(F)(F)F)C(=O)C(F)(F)F)CC[C@]4(C)C3CC[C@@]21C. The Labute approximate surface area is 306 Å². The molecule has 0 aromatic heterocycles. The Morgan fingerprint density at radius 3 is 1.98 bits per heavy atom. The summed E-state index contributed by atoms with van der Waals surface area (Å²) < 4.78 is 119. The molecule has 4 saturated carbocycles. The third-order valence-corrected chi connectivity index (χ3v) is 13.9. The first kappa shape index (κ1) is 43.5. The van der Waals surface area contributed by atoms with Crippen molar-refractivity contribution < 1.29 is 59.0 Å². The Bertz CT molecular complexity index is 1280. The second-order valence-corrected chi connectivity index (χ2v) is 16.8. The van der Waals surface area contributed by atoms with Crippen LogP contribution in [0.1, 0.15) is 111 Å². The van der Waals surface area contributed by atoms with Crippen molar-refractivity contribution in [3.63, 3.8) is 0 Å². The molecule has 0 aliphatic heterocycles. The van der Waals surface area contributed by atoms with Crippen LogP contribution < -0.4 is 5.32 Å². The predicted molar refractivity (Wildman–Crippen MR) is 178 cm³/mol. The molecule has 0 heterocycles. The number of alkyl halides is 9. The Morgan fingerprint density at radius 1 is 0.736 bits per heavy atom. The highest BCUT2D eigenvalue weighted by atomic mass is 19.4. The second kappa shape index (κ2) is 16.9. The lowest BCUT2D eigenvalue weighted by Crippen LogP contribution is -2.57. The number of unbranched alkanes of at least 4 members (excludes halogenated alkanes) is 1. The molecule has 9 atom stereocenters. The lowest BCUT2D eigenvalue weighted by Gasteiger charge is -2.62. The highest BCUT2D eigenvalue weighted by molar-refractivity contribution is 5.83. The van der Waals surface area contributed by atoms with Crippen LogP contribution in [0.15, 0.2) is 0 Å². The fourth-order valence-electron chi connectivity index (χ4n) is 11.4. The van der Waals surface area contributed by atoms with Crippen molar-refractivity contribution in [3.8, 4) is 0 Å². The summed E-state index contributed by atoms with van der Waals surface area (Å²) in [6.45, 7) is 4.99. The Morgan fingerprint density at radius 2 is 1.36 bits per heavy atom. The zero-order valence-corrected chi connectivity index (χ0v) is 30.9. The van der Waals surface area contributed by atoms with Gasteiger partial charge in [0, 0.05) is 38.8 Å². The summed E-state index contributed by atoms with van der Waals surface area (Å²) in [5.74, 6) is -3.81. The van der Waals surface area contributed by atoms with Crippen molar-refractivity contribution in [3.05, 3.63) is 0 Å². The van der Waals surface area contributed by atoms with E-state index in [1.165, 1.54) is 6.42 Å². The van der Waals surface area contributed by atoms with Crippen LogP contribution in [0.25, 0.3) is 0 Å². The number of halogens is 9. The predicted octanol–water partition coefficient (Wildman–Crippen LogP) is 8.05. The number of aliphatic hydroxyl groups is 1. The van der Waals surface area contributed by atoms with Gasteiger partial charge < -0.3 is 20.2 Å². The van der Waals surface area contributed by atoms with Gasteiger partial charge in [0.05, 0.1) is 0 Å². The monoisotopic (exact) mass is 777 g/mol. The van der Waals surface area contributed by atoms with Crippen LogP contribution in [0, 0.1) is 46.3 Å². The largest absolute Gasteiger partial charge is 0.471 e. The number of rotatable bonds is 14. The van der Waals surface area contributed by atoms with Crippen molar-refractivity contribution in [2.45, 2.75) is 135 Å². The second-order valence-electron chi connectivity index (χ2n) is 16.8. The topological polar surface area (TPSA) is 89.9 Å². The molecule has 2 N–H and O–H groups in total. The fourth-order valence-corrected chi connectivity index (χ4v) is 11.4. The Balaban J connectivity index is 1.40. The molecule has 4 rings (SSSR count). The van der Waals surface area contributed by atoms with Crippen molar-refractivity contribution >= 4 is 17.7 Å². The molecule has 3 unspecified atom stereocenters. The van der Waals surface area contributed by atoms with Crippen LogP contribution in [0.5, 0.6) is 0 Å². The van der Waals surface area contributed by atoms with Crippen molar-refractivity contribution in [1.82, 2.24) is 15.1 Å². The van der Waals surface area contributed by atoms with E-state index < -0.39 is 68.5 Å². The van der Waals surface area contributed by atoms with Crippen LogP contribution in [0.2, 0.25) is 0 Å². The van der Waals surface area contributed by atoms with Crippen molar-refractivity contribution in [2.75, 3.05) is 32.8 Å². The molecule has 0 aromatic carbocycles. The minimum Gasteiger partial charge on any atom is -0.396 e. The molecule has 0 aromatic rings. The van der Waals surface area contributed by atoms with Gasteiger partial charge in [-0.2, -0.15) is 39.5 Å². The molecule has 0 radical (unpaired) electrons. The van der Waals surface area contributed by atoms with E-state index in [4.69, 9.17) is 0 Å². The van der Waals surface area contributed by atoms with Gasteiger partial charge in [0.25, 0.3) is 0 Å². The standard InChI is InChI=1S/C37H56F9N3O4/c1-23(8-6-21-50)27-11-12-28-26-10-9-24-22-25(13-15-33(24,2)29(26)14-16-34(27,28)3)49(32(53)37(44,45)46)20-7-19-48(31(52)36(41,42)43)18-5-4-17-47-30(51)35(38,39)40/h23-29,50H,4-22H2,1-3H3,(H,47,51)/t23-,24+,25+,26?,27-,28?,29?,33+,34-/m1/s1. The maximum absolute atomic E-state index is 13.9. The molecular weight excluding hydrogens is 721 g/mol.